The van der Waals surface area contributed by atoms with E-state index in [0.29, 0.717) is 17.7 Å². The molecule has 0 spiro atoms. The van der Waals surface area contributed by atoms with Crippen molar-refractivity contribution < 1.29 is 23.9 Å². The van der Waals surface area contributed by atoms with Gasteiger partial charge in [-0.3, -0.25) is 19.3 Å². The van der Waals surface area contributed by atoms with Gasteiger partial charge < -0.3 is 15.4 Å². The normalized spacial score (nSPS) is 19.3. The van der Waals surface area contributed by atoms with Crippen molar-refractivity contribution in [3.05, 3.63) is 29.8 Å². The molecule has 1 aliphatic rings. The van der Waals surface area contributed by atoms with Gasteiger partial charge in [-0.05, 0) is 38.5 Å². The minimum absolute atomic E-state index is 0.372. The minimum atomic E-state index is -1.15. The number of esters is 1. The molecular formula is C20H24N4O5. The molecule has 2 rings (SSSR count). The zero-order valence-electron chi connectivity index (χ0n) is 16.7. The van der Waals surface area contributed by atoms with Crippen LogP contribution in [0.4, 0.5) is 10.5 Å². The van der Waals surface area contributed by atoms with Gasteiger partial charge in [0.15, 0.2) is 6.10 Å². The summed E-state index contributed by atoms with van der Waals surface area (Å²) in [4.78, 5) is 49.8. The predicted octanol–water partition coefficient (Wildman–Crippen LogP) is 1.93. The number of amides is 4. The number of nitrogens with zero attached hydrogens (tertiary/aromatic N) is 2. The molecule has 9 heteroatoms. The standard InChI is InChI=1S/C20H24N4O5/c1-4-5-9-20(3)18(27)24(19(28)23-20)12-16(25)29-13(2)17(26)22-15-8-6-7-14(10-15)11-21/h6-8,10,13H,4-5,9,12H2,1-3H3,(H,22,26)(H,23,28)/t13-,20-/m0/s1. The summed E-state index contributed by atoms with van der Waals surface area (Å²) in [6, 6.07) is 7.58. The molecule has 1 aromatic carbocycles. The van der Waals surface area contributed by atoms with Crippen LogP contribution in [-0.2, 0) is 19.1 Å². The Kier molecular flexibility index (Phi) is 6.93. The fraction of sp³-hybridized carbons (Fsp3) is 0.450. The van der Waals surface area contributed by atoms with Crippen LogP contribution in [0, 0.1) is 11.3 Å². The van der Waals surface area contributed by atoms with E-state index in [1.807, 2.05) is 13.0 Å². The molecule has 1 saturated heterocycles. The number of hydrogen-bond acceptors (Lipinski definition) is 6. The number of ether oxygens (including phenoxy) is 1. The minimum Gasteiger partial charge on any atom is -0.451 e. The number of urea groups is 1. The lowest BCUT2D eigenvalue weighted by atomic mass is 9.95. The van der Waals surface area contributed by atoms with E-state index in [0.717, 1.165) is 17.7 Å². The molecule has 4 amide bonds. The number of nitrogens with one attached hydrogen (secondary N) is 2. The maximum Gasteiger partial charge on any atom is 0.327 e. The molecule has 154 valence electrons. The molecule has 0 aliphatic carbocycles. The van der Waals surface area contributed by atoms with Gasteiger partial charge in [-0.25, -0.2) is 4.79 Å². The van der Waals surface area contributed by atoms with Crippen molar-refractivity contribution in [3.8, 4) is 6.07 Å². The van der Waals surface area contributed by atoms with Crippen LogP contribution in [0.3, 0.4) is 0 Å². The fourth-order valence-corrected chi connectivity index (χ4v) is 2.92. The Labute approximate surface area is 169 Å². The summed E-state index contributed by atoms with van der Waals surface area (Å²) >= 11 is 0. The summed E-state index contributed by atoms with van der Waals surface area (Å²) in [6.45, 7) is 4.40. The summed E-state index contributed by atoms with van der Waals surface area (Å²) in [7, 11) is 0. The highest BCUT2D eigenvalue weighted by atomic mass is 16.5. The zero-order valence-corrected chi connectivity index (χ0v) is 16.7. The average Bonchev–Trinajstić information content (AvgIpc) is 2.89. The highest BCUT2D eigenvalue weighted by Gasteiger charge is 2.48. The van der Waals surface area contributed by atoms with Crippen LogP contribution in [0.1, 0.15) is 45.6 Å². The van der Waals surface area contributed by atoms with E-state index in [9.17, 15) is 19.2 Å². The Hall–Kier alpha value is -3.41. The molecule has 9 nitrogen and oxygen atoms in total. The largest absolute Gasteiger partial charge is 0.451 e. The molecule has 2 atom stereocenters. The van der Waals surface area contributed by atoms with Crippen LogP contribution < -0.4 is 10.6 Å². The number of anilines is 1. The number of carbonyl (C=O) groups excluding carboxylic acids is 4. The van der Waals surface area contributed by atoms with E-state index in [2.05, 4.69) is 10.6 Å². The molecule has 0 saturated carbocycles. The van der Waals surface area contributed by atoms with Gasteiger partial charge in [0.25, 0.3) is 11.8 Å². The van der Waals surface area contributed by atoms with Crippen molar-refractivity contribution in [2.24, 2.45) is 0 Å². The number of imide groups is 1. The lowest BCUT2D eigenvalue weighted by Gasteiger charge is -2.21. The number of rotatable bonds is 8. The highest BCUT2D eigenvalue weighted by Crippen LogP contribution is 2.23. The first-order valence-corrected chi connectivity index (χ1v) is 9.34. The topological polar surface area (TPSA) is 129 Å². The summed E-state index contributed by atoms with van der Waals surface area (Å²) < 4.78 is 5.06. The van der Waals surface area contributed by atoms with Gasteiger partial charge in [0.05, 0.1) is 11.6 Å². The Morgan fingerprint density at radius 1 is 1.38 bits per heavy atom. The molecule has 29 heavy (non-hydrogen) atoms. The van der Waals surface area contributed by atoms with Crippen LogP contribution >= 0.6 is 0 Å². The Balaban J connectivity index is 1.92. The van der Waals surface area contributed by atoms with E-state index in [1.165, 1.54) is 13.0 Å². The van der Waals surface area contributed by atoms with Crippen LogP contribution in [0.25, 0.3) is 0 Å². The summed E-state index contributed by atoms with van der Waals surface area (Å²) in [5.41, 5.74) is -0.280. The number of benzene rings is 1. The van der Waals surface area contributed by atoms with Crippen molar-refractivity contribution in [3.63, 3.8) is 0 Å². The van der Waals surface area contributed by atoms with E-state index in [-0.39, 0.29) is 0 Å². The van der Waals surface area contributed by atoms with Gasteiger partial charge in [-0.15, -0.1) is 0 Å². The zero-order chi connectivity index (χ0) is 21.6. The number of hydrogen-bond donors (Lipinski definition) is 2. The summed E-state index contributed by atoms with van der Waals surface area (Å²) in [6.07, 6.45) is 0.941. The smallest absolute Gasteiger partial charge is 0.327 e. The van der Waals surface area contributed by atoms with Crippen LogP contribution in [0.2, 0.25) is 0 Å². The van der Waals surface area contributed by atoms with Crippen molar-refractivity contribution >= 4 is 29.5 Å². The quantitative estimate of drug-likeness (QED) is 0.507. The molecular weight excluding hydrogens is 376 g/mol. The second-order valence-corrected chi connectivity index (χ2v) is 7.07. The second kappa shape index (κ2) is 9.19. The Bertz CT molecular complexity index is 863. The maximum absolute atomic E-state index is 12.5. The lowest BCUT2D eigenvalue weighted by molar-refractivity contribution is -0.155. The lowest BCUT2D eigenvalue weighted by Crippen LogP contribution is -2.44. The third kappa shape index (κ3) is 5.31. The molecule has 1 aromatic rings. The third-order valence-corrected chi connectivity index (χ3v) is 4.60. The van der Waals surface area contributed by atoms with E-state index >= 15 is 0 Å². The number of nitriles is 1. The van der Waals surface area contributed by atoms with Gasteiger partial charge >= 0.3 is 12.0 Å². The Morgan fingerprint density at radius 2 is 2.10 bits per heavy atom. The average molecular weight is 400 g/mol. The van der Waals surface area contributed by atoms with Gasteiger partial charge in [0, 0.05) is 5.69 Å². The van der Waals surface area contributed by atoms with Crippen molar-refractivity contribution in [1.29, 1.82) is 5.26 Å². The molecule has 2 N–H and O–H groups in total. The van der Waals surface area contributed by atoms with Gasteiger partial charge in [-0.1, -0.05) is 25.8 Å². The molecule has 1 fully saturated rings. The summed E-state index contributed by atoms with van der Waals surface area (Å²) in [5.74, 6) is -1.96. The van der Waals surface area contributed by atoms with Crippen LogP contribution in [0.15, 0.2) is 24.3 Å². The molecule has 0 radical (unpaired) electrons. The number of carbonyl (C=O) groups is 4. The SMILES string of the molecule is CCCC[C@]1(C)NC(=O)N(CC(=O)O[C@@H](C)C(=O)Nc2cccc(C#N)c2)C1=O. The molecule has 1 heterocycles. The highest BCUT2D eigenvalue weighted by molar-refractivity contribution is 6.08. The first-order valence-electron chi connectivity index (χ1n) is 9.34. The van der Waals surface area contributed by atoms with Gasteiger partial charge in [0.1, 0.15) is 12.1 Å². The van der Waals surface area contributed by atoms with E-state index in [1.54, 1.807) is 25.1 Å². The predicted molar refractivity (Wildman–Crippen MR) is 104 cm³/mol. The van der Waals surface area contributed by atoms with Gasteiger partial charge in [0.2, 0.25) is 0 Å². The molecule has 0 aromatic heterocycles. The van der Waals surface area contributed by atoms with E-state index in [4.69, 9.17) is 10.00 Å². The summed E-state index contributed by atoms with van der Waals surface area (Å²) in [5, 5.41) is 14.0. The van der Waals surface area contributed by atoms with Crippen LogP contribution in [-0.4, -0.2) is 46.9 Å². The van der Waals surface area contributed by atoms with Crippen molar-refractivity contribution in [1.82, 2.24) is 10.2 Å². The molecule has 0 bridgehead atoms. The first-order chi connectivity index (χ1) is 13.7. The monoisotopic (exact) mass is 400 g/mol. The van der Waals surface area contributed by atoms with Crippen molar-refractivity contribution in [2.75, 3.05) is 11.9 Å². The van der Waals surface area contributed by atoms with E-state index < -0.39 is 42.0 Å². The second-order valence-electron chi connectivity index (χ2n) is 7.07. The number of unbranched alkanes of at least 4 members (excludes halogenated alkanes) is 1. The molecule has 1 aliphatic heterocycles. The van der Waals surface area contributed by atoms with Crippen molar-refractivity contribution in [2.45, 2.75) is 51.7 Å². The van der Waals surface area contributed by atoms with Gasteiger partial charge in [-0.2, -0.15) is 5.26 Å². The fourth-order valence-electron chi connectivity index (χ4n) is 2.92. The van der Waals surface area contributed by atoms with Crippen LogP contribution in [0.5, 0.6) is 0 Å². The molecule has 0 unspecified atom stereocenters. The third-order valence-electron chi connectivity index (χ3n) is 4.60. The first kappa shape index (κ1) is 21.9. The Morgan fingerprint density at radius 3 is 2.76 bits per heavy atom. The maximum atomic E-state index is 12.5.